The van der Waals surface area contributed by atoms with E-state index in [1.165, 1.54) is 0 Å². The average Bonchev–Trinajstić information content (AvgIpc) is 2.49. The van der Waals surface area contributed by atoms with E-state index < -0.39 is 0 Å². The van der Waals surface area contributed by atoms with Gasteiger partial charge in [-0.05, 0) is 18.2 Å². The molecule has 0 saturated carbocycles. The number of anilines is 1. The second-order valence-electron chi connectivity index (χ2n) is 4.56. The van der Waals surface area contributed by atoms with Crippen LogP contribution in [0.5, 0.6) is 0 Å². The number of nitrogens with zero attached hydrogens (tertiary/aromatic N) is 3. The molecule has 0 spiro atoms. The third-order valence-electron chi connectivity index (χ3n) is 3.37. The van der Waals surface area contributed by atoms with Crippen molar-refractivity contribution in [3.05, 3.63) is 59.9 Å². The van der Waals surface area contributed by atoms with Crippen molar-refractivity contribution in [1.29, 1.82) is 0 Å². The number of pyridine rings is 1. The monoisotopic (exact) mass is 253 g/mol. The van der Waals surface area contributed by atoms with Crippen LogP contribution in [0.2, 0.25) is 0 Å². The molecule has 3 rings (SSSR count). The maximum atomic E-state index is 9.07. The van der Waals surface area contributed by atoms with Crippen molar-refractivity contribution in [2.24, 2.45) is 5.16 Å². The summed E-state index contributed by atoms with van der Waals surface area (Å²) in [6.07, 6.45) is 2.56. The molecule has 1 N–H and O–H groups in total. The largest absolute Gasteiger partial charge is 0.411 e. The molecule has 0 radical (unpaired) electrons. The number of fused-ring (bicyclic) bond motifs is 1. The quantitative estimate of drug-likeness (QED) is 0.661. The van der Waals surface area contributed by atoms with E-state index in [1.807, 2.05) is 42.6 Å². The molecule has 0 fully saturated rings. The van der Waals surface area contributed by atoms with Gasteiger partial charge in [0.05, 0.1) is 18.0 Å². The summed E-state index contributed by atoms with van der Waals surface area (Å²) in [7, 11) is 0. The Labute approximate surface area is 112 Å². The Morgan fingerprint density at radius 2 is 2.00 bits per heavy atom. The van der Waals surface area contributed by atoms with Crippen LogP contribution in [0, 0.1) is 0 Å². The molecule has 96 valence electrons. The molecule has 2 heterocycles. The molecule has 0 atom stereocenters. The maximum Gasteiger partial charge on any atom is 0.0906 e. The summed E-state index contributed by atoms with van der Waals surface area (Å²) in [6, 6.07) is 14.0. The van der Waals surface area contributed by atoms with Gasteiger partial charge in [0, 0.05) is 30.4 Å². The Morgan fingerprint density at radius 1 is 1.16 bits per heavy atom. The van der Waals surface area contributed by atoms with Gasteiger partial charge in [-0.2, -0.15) is 0 Å². The van der Waals surface area contributed by atoms with Crippen LogP contribution in [0.15, 0.2) is 53.8 Å². The highest BCUT2D eigenvalue weighted by Crippen LogP contribution is 2.28. The summed E-state index contributed by atoms with van der Waals surface area (Å²) >= 11 is 0. The Balaban J connectivity index is 1.93. The Morgan fingerprint density at radius 3 is 2.79 bits per heavy atom. The molecule has 1 aromatic carbocycles. The van der Waals surface area contributed by atoms with Crippen LogP contribution in [0.1, 0.15) is 17.7 Å². The maximum absolute atomic E-state index is 9.07. The normalized spacial score (nSPS) is 16.4. The zero-order valence-electron chi connectivity index (χ0n) is 10.5. The molecular weight excluding hydrogens is 238 g/mol. The molecule has 19 heavy (non-hydrogen) atoms. The molecular formula is C15H15N3O. The second kappa shape index (κ2) is 5.10. The summed E-state index contributed by atoms with van der Waals surface area (Å²) < 4.78 is 0. The minimum Gasteiger partial charge on any atom is -0.411 e. The first-order valence-corrected chi connectivity index (χ1v) is 6.33. The van der Waals surface area contributed by atoms with E-state index in [-0.39, 0.29) is 0 Å². The molecule has 2 aromatic rings. The van der Waals surface area contributed by atoms with E-state index in [9.17, 15) is 0 Å². The summed E-state index contributed by atoms with van der Waals surface area (Å²) in [5.74, 6) is 0. The molecule has 1 aliphatic heterocycles. The fraction of sp³-hybridized carbons (Fsp3) is 0.200. The standard InChI is InChI=1S/C15H15N3O/c19-17-14-8-10-18(11-12-5-3-4-9-16-12)15-7-2-1-6-13(14)15/h1-7,9,19H,8,10-11H2. The van der Waals surface area contributed by atoms with Gasteiger partial charge in [0.2, 0.25) is 0 Å². The van der Waals surface area contributed by atoms with Crippen LogP contribution in [-0.4, -0.2) is 22.4 Å². The number of rotatable bonds is 2. The molecule has 1 aromatic heterocycles. The van der Waals surface area contributed by atoms with E-state index in [2.05, 4.69) is 21.1 Å². The number of para-hydroxylation sites is 1. The van der Waals surface area contributed by atoms with Crippen LogP contribution < -0.4 is 4.90 Å². The van der Waals surface area contributed by atoms with Crippen molar-refractivity contribution >= 4 is 11.4 Å². The SMILES string of the molecule is ON=C1CCN(Cc2ccccn2)c2ccccc21. The lowest BCUT2D eigenvalue weighted by molar-refractivity contribution is 0.317. The van der Waals surface area contributed by atoms with Crippen molar-refractivity contribution < 1.29 is 5.21 Å². The number of benzene rings is 1. The van der Waals surface area contributed by atoms with Crippen LogP contribution in [0.3, 0.4) is 0 Å². The number of aromatic nitrogens is 1. The topological polar surface area (TPSA) is 48.7 Å². The highest BCUT2D eigenvalue weighted by atomic mass is 16.4. The van der Waals surface area contributed by atoms with E-state index in [0.29, 0.717) is 0 Å². The van der Waals surface area contributed by atoms with Gasteiger partial charge in [0.15, 0.2) is 0 Å². The lowest BCUT2D eigenvalue weighted by Gasteiger charge is -2.31. The molecule has 4 heteroatoms. The van der Waals surface area contributed by atoms with Crippen LogP contribution >= 0.6 is 0 Å². The van der Waals surface area contributed by atoms with E-state index in [0.717, 1.165) is 42.2 Å². The predicted octanol–water partition coefficient (Wildman–Crippen LogP) is 2.67. The van der Waals surface area contributed by atoms with Crippen LogP contribution in [0.4, 0.5) is 5.69 Å². The van der Waals surface area contributed by atoms with E-state index in [1.54, 1.807) is 0 Å². The lowest BCUT2D eigenvalue weighted by Crippen LogP contribution is -2.32. The van der Waals surface area contributed by atoms with Gasteiger partial charge >= 0.3 is 0 Å². The number of oxime groups is 1. The zero-order chi connectivity index (χ0) is 13.1. The van der Waals surface area contributed by atoms with E-state index in [4.69, 9.17) is 5.21 Å². The summed E-state index contributed by atoms with van der Waals surface area (Å²) in [4.78, 5) is 6.63. The van der Waals surface area contributed by atoms with Crippen LogP contribution in [0.25, 0.3) is 0 Å². The first-order chi connectivity index (χ1) is 9.38. The fourth-order valence-corrected chi connectivity index (χ4v) is 2.44. The molecule has 0 aliphatic carbocycles. The predicted molar refractivity (Wildman–Crippen MR) is 74.7 cm³/mol. The molecule has 0 bridgehead atoms. The Hall–Kier alpha value is -2.36. The Bertz CT molecular complexity index is 595. The van der Waals surface area contributed by atoms with Gasteiger partial charge in [-0.3, -0.25) is 4.98 Å². The van der Waals surface area contributed by atoms with Gasteiger partial charge < -0.3 is 10.1 Å². The first-order valence-electron chi connectivity index (χ1n) is 6.33. The van der Waals surface area contributed by atoms with Crippen molar-refractivity contribution in [3.63, 3.8) is 0 Å². The Kier molecular flexibility index (Phi) is 3.14. The first kappa shape index (κ1) is 11.7. The van der Waals surface area contributed by atoms with Gasteiger partial charge in [-0.25, -0.2) is 0 Å². The molecule has 0 unspecified atom stereocenters. The summed E-state index contributed by atoms with van der Waals surface area (Å²) in [5.41, 5.74) is 3.91. The highest BCUT2D eigenvalue weighted by molar-refractivity contribution is 6.06. The molecule has 0 saturated heterocycles. The minimum absolute atomic E-state index is 0.750. The smallest absolute Gasteiger partial charge is 0.0906 e. The third-order valence-corrected chi connectivity index (χ3v) is 3.37. The molecule has 1 aliphatic rings. The van der Waals surface area contributed by atoms with Crippen LogP contribution in [-0.2, 0) is 6.54 Å². The average molecular weight is 253 g/mol. The van der Waals surface area contributed by atoms with Gasteiger partial charge in [0.1, 0.15) is 0 Å². The lowest BCUT2D eigenvalue weighted by atomic mass is 9.99. The highest BCUT2D eigenvalue weighted by Gasteiger charge is 2.21. The van der Waals surface area contributed by atoms with Gasteiger partial charge in [-0.1, -0.05) is 29.4 Å². The number of hydrogen-bond acceptors (Lipinski definition) is 4. The van der Waals surface area contributed by atoms with Crippen molar-refractivity contribution in [1.82, 2.24) is 4.98 Å². The van der Waals surface area contributed by atoms with Crippen molar-refractivity contribution in [3.8, 4) is 0 Å². The number of hydrogen-bond donors (Lipinski definition) is 1. The third kappa shape index (κ3) is 2.29. The van der Waals surface area contributed by atoms with E-state index >= 15 is 0 Å². The van der Waals surface area contributed by atoms with Crippen molar-refractivity contribution in [2.75, 3.05) is 11.4 Å². The fourth-order valence-electron chi connectivity index (χ4n) is 2.44. The molecule has 4 nitrogen and oxygen atoms in total. The van der Waals surface area contributed by atoms with Gasteiger partial charge in [0.25, 0.3) is 0 Å². The minimum atomic E-state index is 0.750. The summed E-state index contributed by atoms with van der Waals surface area (Å²) in [6.45, 7) is 1.61. The van der Waals surface area contributed by atoms with Gasteiger partial charge in [-0.15, -0.1) is 0 Å². The summed E-state index contributed by atoms with van der Waals surface area (Å²) in [5, 5.41) is 12.5. The zero-order valence-corrected chi connectivity index (χ0v) is 10.5. The van der Waals surface area contributed by atoms with Crippen molar-refractivity contribution in [2.45, 2.75) is 13.0 Å². The molecule has 0 amide bonds. The second-order valence-corrected chi connectivity index (χ2v) is 4.56.